The minimum atomic E-state index is -3.66. The molecule has 2 aliphatic rings. The summed E-state index contributed by atoms with van der Waals surface area (Å²) < 4.78 is 26.9. The zero-order valence-electron chi connectivity index (χ0n) is 12.7. The number of hydrogen-bond donors (Lipinski definition) is 1. The maximum atomic E-state index is 12.8. The monoisotopic (exact) mass is 342 g/mol. The van der Waals surface area contributed by atoms with E-state index in [1.165, 1.54) is 22.5 Å². The Morgan fingerprint density at radius 3 is 2.42 bits per heavy atom. The Balaban J connectivity index is 2.10. The molecular formula is C16H14N4O3S. The maximum absolute atomic E-state index is 12.8. The van der Waals surface area contributed by atoms with Crippen molar-refractivity contribution in [2.45, 2.75) is 24.2 Å². The van der Waals surface area contributed by atoms with Crippen molar-refractivity contribution in [2.24, 2.45) is 0 Å². The van der Waals surface area contributed by atoms with Crippen LogP contribution in [0.4, 0.5) is 5.69 Å². The van der Waals surface area contributed by atoms with Gasteiger partial charge in [0.2, 0.25) is 10.0 Å². The van der Waals surface area contributed by atoms with Gasteiger partial charge in [-0.1, -0.05) is 6.42 Å². The first-order chi connectivity index (χ1) is 11.5. The van der Waals surface area contributed by atoms with Crippen LogP contribution < -0.4 is 5.32 Å². The number of nitrogens with one attached hydrogen (secondary N) is 1. The van der Waals surface area contributed by atoms with Crippen LogP contribution in [0.3, 0.4) is 0 Å². The lowest BCUT2D eigenvalue weighted by Gasteiger charge is -2.26. The van der Waals surface area contributed by atoms with Crippen LogP contribution in [0.1, 0.15) is 24.8 Å². The van der Waals surface area contributed by atoms with E-state index in [9.17, 15) is 13.2 Å². The Morgan fingerprint density at radius 2 is 1.79 bits per heavy atom. The predicted molar refractivity (Wildman–Crippen MR) is 85.8 cm³/mol. The van der Waals surface area contributed by atoms with Crippen LogP contribution >= 0.6 is 0 Å². The summed E-state index contributed by atoms with van der Waals surface area (Å²) in [5.74, 6) is -0.573. The lowest BCUT2D eigenvalue weighted by molar-refractivity contribution is -0.110. The average molecular weight is 342 g/mol. The fraction of sp³-hybridized carbons (Fsp3) is 0.312. The van der Waals surface area contributed by atoms with Gasteiger partial charge in [0.25, 0.3) is 5.91 Å². The molecule has 2 aliphatic heterocycles. The molecule has 3 rings (SSSR count). The molecule has 2 heterocycles. The Labute approximate surface area is 139 Å². The molecule has 0 atom stereocenters. The van der Waals surface area contributed by atoms with E-state index < -0.39 is 15.9 Å². The molecule has 0 unspecified atom stereocenters. The number of piperidine rings is 1. The normalized spacial score (nSPS) is 17.6. The summed E-state index contributed by atoms with van der Waals surface area (Å²) in [4.78, 5) is 12.1. The van der Waals surface area contributed by atoms with Gasteiger partial charge in [0.1, 0.15) is 17.7 Å². The summed E-state index contributed by atoms with van der Waals surface area (Å²) in [6.45, 7) is 0.946. The van der Waals surface area contributed by atoms with Crippen molar-refractivity contribution in [1.29, 1.82) is 10.5 Å². The largest absolute Gasteiger partial charge is 0.321 e. The second-order valence-corrected chi connectivity index (χ2v) is 7.54. The first-order valence-corrected chi connectivity index (χ1v) is 8.93. The number of allylic oxidation sites excluding steroid dienone is 1. The summed E-state index contributed by atoms with van der Waals surface area (Å²) in [6.07, 6.45) is 2.65. The summed E-state index contributed by atoms with van der Waals surface area (Å²) in [5.41, 5.74) is 0.260. The van der Waals surface area contributed by atoms with Gasteiger partial charge in [-0.05, 0) is 31.0 Å². The smallest absolute Gasteiger partial charge is 0.258 e. The third kappa shape index (κ3) is 2.56. The fourth-order valence-corrected chi connectivity index (χ4v) is 4.49. The van der Waals surface area contributed by atoms with Crippen LogP contribution in [0.15, 0.2) is 28.7 Å². The zero-order valence-corrected chi connectivity index (χ0v) is 13.6. The number of benzene rings is 1. The van der Waals surface area contributed by atoms with E-state index in [-0.39, 0.29) is 21.6 Å². The highest BCUT2D eigenvalue weighted by atomic mass is 32.2. The van der Waals surface area contributed by atoms with E-state index in [0.29, 0.717) is 18.8 Å². The lowest BCUT2D eigenvalue weighted by atomic mass is 10.0. The Bertz CT molecular complexity index is 913. The molecule has 24 heavy (non-hydrogen) atoms. The van der Waals surface area contributed by atoms with Crippen LogP contribution in [-0.2, 0) is 14.8 Å². The third-order valence-corrected chi connectivity index (χ3v) is 6.06. The minimum Gasteiger partial charge on any atom is -0.321 e. The SMILES string of the molecule is N#CC(C#N)=C1C(=O)Nc2ccc(S(=O)(=O)N3CCCCC3)cc21. The van der Waals surface area contributed by atoms with E-state index in [1.54, 1.807) is 12.1 Å². The summed E-state index contributed by atoms with van der Waals surface area (Å²) >= 11 is 0. The molecule has 122 valence electrons. The van der Waals surface area contributed by atoms with Crippen LogP contribution in [-0.4, -0.2) is 31.7 Å². The second-order valence-electron chi connectivity index (χ2n) is 5.60. The van der Waals surface area contributed by atoms with Gasteiger partial charge in [0, 0.05) is 24.3 Å². The van der Waals surface area contributed by atoms with E-state index >= 15 is 0 Å². The number of nitrogens with zero attached hydrogens (tertiary/aromatic N) is 3. The van der Waals surface area contributed by atoms with Gasteiger partial charge in [-0.3, -0.25) is 4.79 Å². The summed E-state index contributed by atoms with van der Waals surface area (Å²) in [7, 11) is -3.66. The lowest BCUT2D eigenvalue weighted by Crippen LogP contribution is -2.35. The molecule has 1 N–H and O–H groups in total. The fourth-order valence-electron chi connectivity index (χ4n) is 2.95. The van der Waals surface area contributed by atoms with Crippen molar-refractivity contribution in [3.8, 4) is 12.1 Å². The third-order valence-electron chi connectivity index (χ3n) is 4.16. The first kappa shape index (κ1) is 16.2. The Hall–Kier alpha value is -2.68. The maximum Gasteiger partial charge on any atom is 0.258 e. The predicted octanol–water partition coefficient (Wildman–Crippen LogP) is 1.61. The van der Waals surface area contributed by atoms with Crippen LogP contribution in [0, 0.1) is 22.7 Å². The van der Waals surface area contributed by atoms with Crippen molar-refractivity contribution in [2.75, 3.05) is 18.4 Å². The molecular weight excluding hydrogens is 328 g/mol. The molecule has 0 radical (unpaired) electrons. The van der Waals surface area contributed by atoms with Gasteiger partial charge >= 0.3 is 0 Å². The highest BCUT2D eigenvalue weighted by Gasteiger charge is 2.32. The zero-order chi connectivity index (χ0) is 17.3. The number of carbonyl (C=O) groups excluding carboxylic acids is 1. The minimum absolute atomic E-state index is 0.0624. The molecule has 0 aromatic heterocycles. The van der Waals surface area contributed by atoms with Crippen molar-refractivity contribution >= 4 is 27.2 Å². The summed E-state index contributed by atoms with van der Waals surface area (Å²) in [5, 5.41) is 20.6. The molecule has 1 fully saturated rings. The molecule has 0 spiro atoms. The highest BCUT2D eigenvalue weighted by molar-refractivity contribution is 7.89. The van der Waals surface area contributed by atoms with E-state index in [0.717, 1.165) is 19.3 Å². The van der Waals surface area contributed by atoms with Crippen molar-refractivity contribution in [1.82, 2.24) is 4.31 Å². The Kier molecular flexibility index (Phi) is 4.10. The molecule has 1 amide bonds. The second kappa shape index (κ2) is 6.08. The molecule has 0 aliphatic carbocycles. The van der Waals surface area contributed by atoms with Crippen molar-refractivity contribution in [3.63, 3.8) is 0 Å². The topological polar surface area (TPSA) is 114 Å². The van der Waals surface area contributed by atoms with Gasteiger partial charge < -0.3 is 5.32 Å². The van der Waals surface area contributed by atoms with Gasteiger partial charge in [-0.25, -0.2) is 8.42 Å². The van der Waals surface area contributed by atoms with Crippen LogP contribution in [0.2, 0.25) is 0 Å². The molecule has 8 heteroatoms. The average Bonchev–Trinajstić information content (AvgIpc) is 2.92. The number of anilines is 1. The van der Waals surface area contributed by atoms with Gasteiger partial charge in [-0.15, -0.1) is 0 Å². The molecule has 0 saturated carbocycles. The highest BCUT2D eigenvalue weighted by Crippen LogP contribution is 2.36. The Morgan fingerprint density at radius 1 is 1.12 bits per heavy atom. The van der Waals surface area contributed by atoms with Crippen molar-refractivity contribution < 1.29 is 13.2 Å². The number of amides is 1. The number of carbonyl (C=O) groups is 1. The van der Waals surface area contributed by atoms with Crippen LogP contribution in [0.5, 0.6) is 0 Å². The molecule has 1 saturated heterocycles. The standard InChI is InChI=1S/C16H14N4O3S/c17-9-11(10-18)15-13-8-12(4-5-14(13)19-16(15)21)24(22,23)20-6-2-1-3-7-20/h4-5,8H,1-3,6-7H2,(H,19,21). The molecule has 1 aromatic carbocycles. The molecule has 7 nitrogen and oxygen atoms in total. The van der Waals surface area contributed by atoms with E-state index in [2.05, 4.69) is 5.32 Å². The molecule has 1 aromatic rings. The van der Waals surface area contributed by atoms with Gasteiger partial charge in [0.15, 0.2) is 0 Å². The van der Waals surface area contributed by atoms with Crippen LogP contribution in [0.25, 0.3) is 5.57 Å². The van der Waals surface area contributed by atoms with Gasteiger partial charge in [0.05, 0.1) is 10.5 Å². The quantitative estimate of drug-likeness (QED) is 0.648. The van der Waals surface area contributed by atoms with Crippen molar-refractivity contribution in [3.05, 3.63) is 29.3 Å². The van der Waals surface area contributed by atoms with E-state index in [1.807, 2.05) is 0 Å². The molecule has 0 bridgehead atoms. The number of sulfonamides is 1. The number of hydrogen-bond acceptors (Lipinski definition) is 5. The van der Waals surface area contributed by atoms with E-state index in [4.69, 9.17) is 10.5 Å². The number of rotatable bonds is 2. The summed E-state index contributed by atoms with van der Waals surface area (Å²) in [6, 6.07) is 7.66. The number of fused-ring (bicyclic) bond motifs is 1. The van der Waals surface area contributed by atoms with Gasteiger partial charge in [-0.2, -0.15) is 14.8 Å². The number of nitriles is 2. The first-order valence-electron chi connectivity index (χ1n) is 7.49.